The van der Waals surface area contributed by atoms with Crippen LogP contribution in [0.5, 0.6) is 0 Å². The Bertz CT molecular complexity index is 257. The number of nitrogens with two attached hydrogens (primary N) is 1. The van der Waals surface area contributed by atoms with Crippen LogP contribution in [0, 0.1) is 16.7 Å². The molecule has 0 aromatic carbocycles. The van der Waals surface area contributed by atoms with E-state index < -0.39 is 5.79 Å². The quantitative estimate of drug-likeness (QED) is 0.772. The van der Waals surface area contributed by atoms with Crippen molar-refractivity contribution in [1.29, 1.82) is 0 Å². The van der Waals surface area contributed by atoms with Crippen LogP contribution in [-0.2, 0) is 9.47 Å². The molecule has 3 nitrogen and oxygen atoms in total. The van der Waals surface area contributed by atoms with Gasteiger partial charge < -0.3 is 15.2 Å². The van der Waals surface area contributed by atoms with Crippen molar-refractivity contribution in [2.75, 3.05) is 20.8 Å². The molecule has 0 aromatic rings. The fraction of sp³-hybridized carbons (Fsp3) is 1.00. The third-order valence-corrected chi connectivity index (χ3v) is 4.28. The Balaban J connectivity index is 3.12. The zero-order valence-electron chi connectivity index (χ0n) is 12.3. The van der Waals surface area contributed by atoms with Gasteiger partial charge in [-0.15, -0.1) is 0 Å². The molecular formula is C14H29NO2. The molecule has 0 radical (unpaired) electrons. The lowest BCUT2D eigenvalue weighted by molar-refractivity contribution is -0.296. The summed E-state index contributed by atoms with van der Waals surface area (Å²) in [7, 11) is 3.51. The lowest BCUT2D eigenvalue weighted by Crippen LogP contribution is -2.56. The third-order valence-electron chi connectivity index (χ3n) is 4.28. The van der Waals surface area contributed by atoms with Crippen molar-refractivity contribution in [3.8, 4) is 0 Å². The molecule has 1 atom stereocenters. The van der Waals surface area contributed by atoms with Gasteiger partial charge in [0.15, 0.2) is 5.79 Å². The topological polar surface area (TPSA) is 44.5 Å². The summed E-state index contributed by atoms with van der Waals surface area (Å²) < 4.78 is 11.6. The molecule has 1 unspecified atom stereocenters. The Morgan fingerprint density at radius 2 is 1.59 bits per heavy atom. The maximum absolute atomic E-state index is 5.79. The molecule has 17 heavy (non-hydrogen) atoms. The van der Waals surface area contributed by atoms with Gasteiger partial charge in [-0.25, -0.2) is 0 Å². The Hall–Kier alpha value is -0.120. The third kappa shape index (κ3) is 2.83. The number of methoxy groups -OCH3 is 2. The van der Waals surface area contributed by atoms with E-state index in [9.17, 15) is 0 Å². The summed E-state index contributed by atoms with van der Waals surface area (Å²) in [6.45, 7) is 9.88. The van der Waals surface area contributed by atoms with Crippen LogP contribution in [0.3, 0.4) is 0 Å². The molecule has 0 aliphatic heterocycles. The standard InChI is InChI=1S/C14H29NO2/c1-12(2)9-13(3,4)11(7-8-15)14(10-12,16-5)17-6/h11H,7-10,15H2,1-6H3. The van der Waals surface area contributed by atoms with E-state index in [1.807, 2.05) is 0 Å². The predicted molar refractivity (Wildman–Crippen MR) is 70.7 cm³/mol. The number of ether oxygens (including phenoxy) is 2. The summed E-state index contributed by atoms with van der Waals surface area (Å²) in [5.41, 5.74) is 6.19. The molecule has 0 amide bonds. The highest BCUT2D eigenvalue weighted by atomic mass is 16.7. The zero-order valence-corrected chi connectivity index (χ0v) is 12.3. The zero-order chi connectivity index (χ0) is 13.3. The Morgan fingerprint density at radius 3 is 2.00 bits per heavy atom. The normalized spacial score (nSPS) is 30.2. The van der Waals surface area contributed by atoms with Crippen LogP contribution >= 0.6 is 0 Å². The van der Waals surface area contributed by atoms with E-state index in [1.165, 1.54) is 6.42 Å². The van der Waals surface area contributed by atoms with Gasteiger partial charge in [0.1, 0.15) is 0 Å². The first-order valence-corrected chi connectivity index (χ1v) is 6.53. The van der Waals surface area contributed by atoms with Crippen molar-refractivity contribution in [3.05, 3.63) is 0 Å². The van der Waals surface area contributed by atoms with Gasteiger partial charge in [-0.05, 0) is 30.2 Å². The smallest absolute Gasteiger partial charge is 0.171 e. The number of hydrogen-bond donors (Lipinski definition) is 1. The Morgan fingerprint density at radius 1 is 1.06 bits per heavy atom. The average molecular weight is 243 g/mol. The molecule has 0 saturated heterocycles. The van der Waals surface area contributed by atoms with Crippen molar-refractivity contribution >= 4 is 0 Å². The van der Waals surface area contributed by atoms with Crippen LogP contribution in [0.2, 0.25) is 0 Å². The van der Waals surface area contributed by atoms with Crippen molar-refractivity contribution < 1.29 is 9.47 Å². The summed E-state index contributed by atoms with van der Waals surface area (Å²) >= 11 is 0. The van der Waals surface area contributed by atoms with Crippen LogP contribution in [0.1, 0.15) is 47.0 Å². The summed E-state index contributed by atoms with van der Waals surface area (Å²) in [5, 5.41) is 0. The monoisotopic (exact) mass is 243 g/mol. The molecule has 0 aromatic heterocycles. The lowest BCUT2D eigenvalue weighted by atomic mass is 9.56. The maximum atomic E-state index is 5.79. The van der Waals surface area contributed by atoms with Crippen molar-refractivity contribution in [2.24, 2.45) is 22.5 Å². The van der Waals surface area contributed by atoms with Crippen LogP contribution < -0.4 is 5.73 Å². The molecule has 1 fully saturated rings. The van der Waals surface area contributed by atoms with Crippen LogP contribution in [0.15, 0.2) is 0 Å². The van der Waals surface area contributed by atoms with Crippen LogP contribution in [0.4, 0.5) is 0 Å². The Labute approximate surface area is 106 Å². The molecule has 3 heteroatoms. The summed E-state index contributed by atoms with van der Waals surface area (Å²) in [6, 6.07) is 0. The van der Waals surface area contributed by atoms with Crippen LogP contribution in [0.25, 0.3) is 0 Å². The van der Waals surface area contributed by atoms with Gasteiger partial charge in [-0.2, -0.15) is 0 Å². The second kappa shape index (κ2) is 4.87. The van der Waals surface area contributed by atoms with Gasteiger partial charge in [0.05, 0.1) is 0 Å². The first kappa shape index (κ1) is 14.9. The largest absolute Gasteiger partial charge is 0.353 e. The molecule has 102 valence electrons. The van der Waals surface area contributed by atoms with E-state index >= 15 is 0 Å². The minimum atomic E-state index is -0.482. The van der Waals surface area contributed by atoms with Crippen molar-refractivity contribution in [1.82, 2.24) is 0 Å². The second-order valence-electron chi connectivity index (χ2n) is 6.86. The van der Waals surface area contributed by atoms with Gasteiger partial charge in [0.25, 0.3) is 0 Å². The molecular weight excluding hydrogens is 214 g/mol. The lowest BCUT2D eigenvalue weighted by Gasteiger charge is -2.56. The molecule has 2 N–H and O–H groups in total. The highest BCUT2D eigenvalue weighted by molar-refractivity contribution is 5.00. The first-order chi connectivity index (χ1) is 7.73. The predicted octanol–water partition coefficient (Wildman–Crippen LogP) is 2.79. The van der Waals surface area contributed by atoms with E-state index in [-0.39, 0.29) is 10.8 Å². The van der Waals surface area contributed by atoms with Crippen LogP contribution in [-0.4, -0.2) is 26.6 Å². The minimum absolute atomic E-state index is 0.188. The molecule has 1 aliphatic carbocycles. The molecule has 1 aliphatic rings. The second-order valence-corrected chi connectivity index (χ2v) is 6.86. The van der Waals surface area contributed by atoms with Crippen molar-refractivity contribution in [2.45, 2.75) is 52.7 Å². The molecule has 1 rings (SSSR count). The number of hydrogen-bond acceptors (Lipinski definition) is 3. The highest BCUT2D eigenvalue weighted by Crippen LogP contribution is 2.56. The molecule has 0 bridgehead atoms. The van der Waals surface area contributed by atoms with Crippen molar-refractivity contribution in [3.63, 3.8) is 0 Å². The van der Waals surface area contributed by atoms with Gasteiger partial charge in [-0.1, -0.05) is 27.7 Å². The molecule has 0 heterocycles. The van der Waals surface area contributed by atoms with E-state index in [4.69, 9.17) is 15.2 Å². The Kier molecular flexibility index (Phi) is 4.28. The van der Waals surface area contributed by atoms with Gasteiger partial charge >= 0.3 is 0 Å². The molecule has 1 saturated carbocycles. The SMILES string of the molecule is COC1(OC)CC(C)(C)CC(C)(C)C1CCN. The summed E-state index contributed by atoms with van der Waals surface area (Å²) in [6.07, 6.45) is 3.06. The van der Waals surface area contributed by atoms with E-state index in [0.717, 1.165) is 12.8 Å². The van der Waals surface area contributed by atoms with E-state index in [1.54, 1.807) is 14.2 Å². The maximum Gasteiger partial charge on any atom is 0.171 e. The summed E-state index contributed by atoms with van der Waals surface area (Å²) in [5.74, 6) is -0.132. The highest BCUT2D eigenvalue weighted by Gasteiger charge is 2.55. The van der Waals surface area contributed by atoms with Gasteiger partial charge in [0.2, 0.25) is 0 Å². The number of rotatable bonds is 4. The minimum Gasteiger partial charge on any atom is -0.353 e. The first-order valence-electron chi connectivity index (χ1n) is 6.53. The van der Waals surface area contributed by atoms with Gasteiger partial charge in [-0.3, -0.25) is 0 Å². The van der Waals surface area contributed by atoms with Gasteiger partial charge in [0, 0.05) is 26.6 Å². The van der Waals surface area contributed by atoms with E-state index in [0.29, 0.717) is 12.5 Å². The summed E-state index contributed by atoms with van der Waals surface area (Å²) in [4.78, 5) is 0. The fourth-order valence-electron chi connectivity index (χ4n) is 4.09. The van der Waals surface area contributed by atoms with E-state index in [2.05, 4.69) is 27.7 Å². The fourth-order valence-corrected chi connectivity index (χ4v) is 4.09. The average Bonchev–Trinajstić information content (AvgIpc) is 2.20. The molecule has 0 spiro atoms.